The van der Waals surface area contributed by atoms with Gasteiger partial charge in [0.15, 0.2) is 0 Å². The second kappa shape index (κ2) is 3.03. The number of hydrogen-bond acceptors (Lipinski definition) is 1. The van der Waals surface area contributed by atoms with Gasteiger partial charge >= 0.3 is 0 Å². The van der Waals surface area contributed by atoms with Crippen LogP contribution in [0.15, 0.2) is 0 Å². The third-order valence-corrected chi connectivity index (χ3v) is 2.07. The van der Waals surface area contributed by atoms with E-state index < -0.39 is 0 Å². The van der Waals surface area contributed by atoms with Crippen molar-refractivity contribution >= 4 is 0 Å². The fourth-order valence-electron chi connectivity index (χ4n) is 1.51. The molecule has 1 rings (SSSR count). The van der Waals surface area contributed by atoms with Gasteiger partial charge in [0.05, 0.1) is 0 Å². The van der Waals surface area contributed by atoms with Crippen molar-refractivity contribution in [3.05, 3.63) is 11.4 Å². The van der Waals surface area contributed by atoms with E-state index in [1.54, 1.807) is 0 Å². The Hall–Kier alpha value is -0.550. The van der Waals surface area contributed by atoms with Crippen LogP contribution in [0.3, 0.4) is 0 Å². The molecule has 1 atom stereocenters. The van der Waals surface area contributed by atoms with Crippen molar-refractivity contribution in [3.8, 4) is 0 Å². The molecular formula is C8H14N2. The van der Waals surface area contributed by atoms with Crippen molar-refractivity contribution in [1.29, 1.82) is 0 Å². The number of hydrogen-bond donors (Lipinski definition) is 0. The van der Waals surface area contributed by atoms with Crippen molar-refractivity contribution in [3.63, 3.8) is 0 Å². The highest BCUT2D eigenvalue weighted by Crippen LogP contribution is 2.20. The van der Waals surface area contributed by atoms with Gasteiger partial charge in [-0.2, -0.15) is 0 Å². The van der Waals surface area contributed by atoms with Crippen molar-refractivity contribution in [2.45, 2.75) is 38.9 Å². The zero-order chi connectivity index (χ0) is 7.56. The number of nitrogens with zero attached hydrogens (tertiary/aromatic N) is 2. The van der Waals surface area contributed by atoms with Gasteiger partial charge in [-0.15, -0.1) is 0 Å². The minimum absolute atomic E-state index is 0.181. The van der Waals surface area contributed by atoms with Gasteiger partial charge < -0.3 is 0 Å². The van der Waals surface area contributed by atoms with Crippen LogP contribution < -0.4 is 0 Å². The third-order valence-electron chi connectivity index (χ3n) is 2.07. The molecule has 0 aliphatic carbocycles. The Morgan fingerprint density at radius 3 is 2.70 bits per heavy atom. The van der Waals surface area contributed by atoms with E-state index >= 15 is 0 Å². The Morgan fingerprint density at radius 1 is 1.60 bits per heavy atom. The minimum Gasteiger partial charge on any atom is -0.296 e. The van der Waals surface area contributed by atoms with Crippen LogP contribution >= 0.6 is 0 Å². The van der Waals surface area contributed by atoms with Gasteiger partial charge in [-0.1, -0.05) is 0 Å². The van der Waals surface area contributed by atoms with Gasteiger partial charge in [-0.05, 0) is 20.3 Å². The normalized spacial score (nSPS) is 27.2. The summed E-state index contributed by atoms with van der Waals surface area (Å²) in [5.74, 6) is 0. The predicted molar refractivity (Wildman–Crippen MR) is 41.5 cm³/mol. The third kappa shape index (κ3) is 1.30. The fourth-order valence-corrected chi connectivity index (χ4v) is 1.51. The lowest BCUT2D eigenvalue weighted by atomic mass is 10.3. The molecule has 1 saturated heterocycles. The maximum absolute atomic E-state index is 6.91. The SMILES string of the molecule is [C-]#[N+][C@@H]1CCCN1C(C)C. The van der Waals surface area contributed by atoms with Crippen LogP contribution in [0.4, 0.5) is 0 Å². The predicted octanol–water partition coefficient (Wildman–Crippen LogP) is 1.74. The topological polar surface area (TPSA) is 7.60 Å². The summed E-state index contributed by atoms with van der Waals surface area (Å²) in [6.07, 6.45) is 2.45. The minimum atomic E-state index is 0.181. The van der Waals surface area contributed by atoms with Gasteiger partial charge in [0.2, 0.25) is 0 Å². The first-order chi connectivity index (χ1) is 4.75. The highest BCUT2D eigenvalue weighted by molar-refractivity contribution is 4.86. The van der Waals surface area contributed by atoms with E-state index in [4.69, 9.17) is 6.57 Å². The van der Waals surface area contributed by atoms with E-state index in [-0.39, 0.29) is 6.17 Å². The molecule has 0 unspecified atom stereocenters. The van der Waals surface area contributed by atoms with E-state index in [2.05, 4.69) is 23.6 Å². The lowest BCUT2D eigenvalue weighted by Gasteiger charge is -2.19. The lowest BCUT2D eigenvalue weighted by molar-refractivity contribution is 0.232. The quantitative estimate of drug-likeness (QED) is 0.501. The van der Waals surface area contributed by atoms with Gasteiger partial charge in [0.1, 0.15) is 0 Å². The van der Waals surface area contributed by atoms with Crippen molar-refractivity contribution in [1.82, 2.24) is 4.90 Å². The molecule has 10 heavy (non-hydrogen) atoms. The summed E-state index contributed by atoms with van der Waals surface area (Å²) in [6, 6.07) is 0.543. The van der Waals surface area contributed by atoms with Gasteiger partial charge in [0, 0.05) is 19.0 Å². The monoisotopic (exact) mass is 138 g/mol. The maximum Gasteiger partial charge on any atom is 0.279 e. The number of rotatable bonds is 1. The summed E-state index contributed by atoms with van der Waals surface area (Å²) < 4.78 is 0. The molecule has 1 aliphatic heterocycles. The highest BCUT2D eigenvalue weighted by atomic mass is 15.3. The summed E-state index contributed by atoms with van der Waals surface area (Å²) in [7, 11) is 0. The maximum atomic E-state index is 6.91. The Balaban J connectivity index is 2.52. The summed E-state index contributed by atoms with van der Waals surface area (Å²) in [6.45, 7) is 12.3. The second-order valence-corrected chi connectivity index (χ2v) is 3.08. The molecular weight excluding hydrogens is 124 g/mol. The standard InChI is InChI=1S/C8H14N2/c1-7(2)10-6-4-5-8(10)9-3/h7-8H,4-6H2,1-2H3/t8-/m0/s1. The van der Waals surface area contributed by atoms with Crippen LogP contribution in [0, 0.1) is 6.57 Å². The highest BCUT2D eigenvalue weighted by Gasteiger charge is 2.30. The summed E-state index contributed by atoms with van der Waals surface area (Å²) in [5.41, 5.74) is 0. The molecule has 0 spiro atoms. The van der Waals surface area contributed by atoms with Gasteiger partial charge in [-0.3, -0.25) is 4.85 Å². The van der Waals surface area contributed by atoms with Crippen molar-refractivity contribution < 1.29 is 0 Å². The fraction of sp³-hybridized carbons (Fsp3) is 0.875. The van der Waals surface area contributed by atoms with Crippen LogP contribution in [0.5, 0.6) is 0 Å². The first-order valence-electron chi connectivity index (χ1n) is 3.88. The Labute approximate surface area is 62.7 Å². The molecule has 0 radical (unpaired) electrons. The van der Waals surface area contributed by atoms with Crippen molar-refractivity contribution in [2.24, 2.45) is 0 Å². The lowest BCUT2D eigenvalue weighted by Crippen LogP contribution is -2.33. The van der Waals surface area contributed by atoms with Crippen LogP contribution in [-0.2, 0) is 0 Å². The van der Waals surface area contributed by atoms with Gasteiger partial charge in [0.25, 0.3) is 6.17 Å². The van der Waals surface area contributed by atoms with E-state index in [0.717, 1.165) is 13.0 Å². The Bertz CT molecular complexity index is 146. The zero-order valence-electron chi connectivity index (χ0n) is 6.67. The van der Waals surface area contributed by atoms with E-state index in [9.17, 15) is 0 Å². The molecule has 1 heterocycles. The van der Waals surface area contributed by atoms with E-state index in [1.807, 2.05) is 0 Å². The average Bonchev–Trinajstić information content (AvgIpc) is 2.33. The molecule has 0 aromatic rings. The number of likely N-dealkylation sites (tertiary alicyclic amines) is 1. The molecule has 56 valence electrons. The average molecular weight is 138 g/mol. The van der Waals surface area contributed by atoms with Gasteiger partial charge in [-0.25, -0.2) is 11.5 Å². The zero-order valence-corrected chi connectivity index (χ0v) is 6.67. The largest absolute Gasteiger partial charge is 0.296 e. The molecule has 0 aromatic carbocycles. The molecule has 2 nitrogen and oxygen atoms in total. The van der Waals surface area contributed by atoms with Crippen LogP contribution in [0.1, 0.15) is 26.7 Å². The summed E-state index contributed by atoms with van der Waals surface area (Å²) in [4.78, 5) is 5.84. The summed E-state index contributed by atoms with van der Waals surface area (Å²) >= 11 is 0. The molecule has 0 saturated carbocycles. The summed E-state index contributed by atoms with van der Waals surface area (Å²) in [5, 5.41) is 0. The van der Waals surface area contributed by atoms with E-state index in [0.29, 0.717) is 6.04 Å². The first kappa shape index (κ1) is 7.56. The van der Waals surface area contributed by atoms with E-state index in [1.165, 1.54) is 6.42 Å². The Morgan fingerprint density at radius 2 is 2.30 bits per heavy atom. The molecule has 1 aliphatic rings. The molecule has 0 N–H and O–H groups in total. The molecule has 0 amide bonds. The van der Waals surface area contributed by atoms with Crippen LogP contribution in [-0.4, -0.2) is 23.7 Å². The first-order valence-corrected chi connectivity index (χ1v) is 3.88. The Kier molecular flexibility index (Phi) is 2.29. The van der Waals surface area contributed by atoms with Crippen molar-refractivity contribution in [2.75, 3.05) is 6.54 Å². The van der Waals surface area contributed by atoms with Crippen LogP contribution in [0.2, 0.25) is 0 Å². The van der Waals surface area contributed by atoms with Crippen LogP contribution in [0.25, 0.3) is 4.85 Å². The molecule has 1 fully saturated rings. The smallest absolute Gasteiger partial charge is 0.279 e. The molecule has 2 heteroatoms. The molecule has 0 bridgehead atoms. The molecule has 0 aromatic heterocycles. The second-order valence-electron chi connectivity index (χ2n) is 3.08.